The number of nitrogens with two attached hydrogens (primary N) is 1. The molecule has 0 unspecified atom stereocenters. The van der Waals surface area contributed by atoms with E-state index in [1.807, 2.05) is 18.2 Å². The fourth-order valence-electron chi connectivity index (χ4n) is 1.51. The van der Waals surface area contributed by atoms with E-state index in [0.717, 1.165) is 10.0 Å². The zero-order valence-electron chi connectivity index (χ0n) is 9.29. The number of ether oxygens (including phenoxy) is 1. The minimum Gasteiger partial charge on any atom is -0.455 e. The van der Waals surface area contributed by atoms with Gasteiger partial charge in [-0.05, 0) is 30.3 Å². The molecule has 0 radical (unpaired) electrons. The average Bonchev–Trinajstić information content (AvgIpc) is 2.34. The van der Waals surface area contributed by atoms with Gasteiger partial charge in [0.2, 0.25) is 0 Å². The molecule has 0 spiro atoms. The SMILES string of the molecule is NCc1c(Cl)cccc1Oc1cc(Br)ccc1Cl. The van der Waals surface area contributed by atoms with E-state index in [4.69, 9.17) is 33.7 Å². The van der Waals surface area contributed by atoms with Crippen molar-refractivity contribution in [1.82, 2.24) is 0 Å². The predicted molar refractivity (Wildman–Crippen MR) is 78.6 cm³/mol. The van der Waals surface area contributed by atoms with E-state index in [1.165, 1.54) is 0 Å². The molecule has 0 saturated carbocycles. The topological polar surface area (TPSA) is 35.2 Å². The van der Waals surface area contributed by atoms with Crippen LogP contribution in [0.5, 0.6) is 11.5 Å². The van der Waals surface area contributed by atoms with Crippen molar-refractivity contribution in [2.45, 2.75) is 6.54 Å². The molecule has 0 aliphatic rings. The van der Waals surface area contributed by atoms with Crippen LogP contribution >= 0.6 is 39.1 Å². The molecule has 0 saturated heterocycles. The summed E-state index contributed by atoms with van der Waals surface area (Å²) in [6.07, 6.45) is 0. The molecule has 0 atom stereocenters. The Balaban J connectivity index is 2.40. The summed E-state index contributed by atoms with van der Waals surface area (Å²) >= 11 is 15.5. The summed E-state index contributed by atoms with van der Waals surface area (Å²) in [5, 5.41) is 1.11. The van der Waals surface area contributed by atoms with E-state index >= 15 is 0 Å². The quantitative estimate of drug-likeness (QED) is 0.848. The summed E-state index contributed by atoms with van der Waals surface area (Å²) in [7, 11) is 0. The van der Waals surface area contributed by atoms with Crippen LogP contribution < -0.4 is 10.5 Å². The third kappa shape index (κ3) is 2.98. The normalized spacial score (nSPS) is 10.4. The Kier molecular flexibility index (Phi) is 4.51. The zero-order valence-corrected chi connectivity index (χ0v) is 12.4. The van der Waals surface area contributed by atoms with Crippen LogP contribution in [0.3, 0.4) is 0 Å². The van der Waals surface area contributed by atoms with Crippen molar-refractivity contribution in [2.24, 2.45) is 5.73 Å². The Morgan fingerprint density at radius 3 is 2.56 bits per heavy atom. The van der Waals surface area contributed by atoms with Crippen LogP contribution in [-0.2, 0) is 6.54 Å². The van der Waals surface area contributed by atoms with Gasteiger partial charge in [-0.3, -0.25) is 0 Å². The molecule has 2 aromatic rings. The average molecular weight is 347 g/mol. The summed E-state index contributed by atoms with van der Waals surface area (Å²) in [5.74, 6) is 1.17. The van der Waals surface area contributed by atoms with Crippen molar-refractivity contribution in [3.63, 3.8) is 0 Å². The Morgan fingerprint density at radius 2 is 1.83 bits per heavy atom. The van der Waals surface area contributed by atoms with Crippen molar-refractivity contribution < 1.29 is 4.74 Å². The first-order valence-corrected chi connectivity index (χ1v) is 6.77. The van der Waals surface area contributed by atoms with Crippen molar-refractivity contribution in [3.8, 4) is 11.5 Å². The van der Waals surface area contributed by atoms with Crippen LogP contribution in [0.4, 0.5) is 0 Å². The van der Waals surface area contributed by atoms with Gasteiger partial charge in [0, 0.05) is 21.6 Å². The van der Waals surface area contributed by atoms with Gasteiger partial charge in [-0.1, -0.05) is 45.2 Å². The summed E-state index contributed by atoms with van der Waals surface area (Å²) in [5.41, 5.74) is 6.43. The molecule has 2 rings (SSSR count). The molecule has 5 heteroatoms. The van der Waals surface area contributed by atoms with Crippen LogP contribution in [-0.4, -0.2) is 0 Å². The summed E-state index contributed by atoms with van der Waals surface area (Å²) in [4.78, 5) is 0. The molecule has 0 aliphatic heterocycles. The first-order chi connectivity index (χ1) is 8.61. The first kappa shape index (κ1) is 13.7. The number of hydrogen-bond donors (Lipinski definition) is 1. The molecular formula is C13H10BrCl2NO. The van der Waals surface area contributed by atoms with Crippen LogP contribution in [0.25, 0.3) is 0 Å². The second-order valence-electron chi connectivity index (χ2n) is 3.60. The smallest absolute Gasteiger partial charge is 0.147 e. The second-order valence-corrected chi connectivity index (χ2v) is 5.33. The fourth-order valence-corrected chi connectivity index (χ4v) is 2.25. The summed E-state index contributed by atoms with van der Waals surface area (Å²) < 4.78 is 6.65. The molecule has 0 aromatic heterocycles. The first-order valence-electron chi connectivity index (χ1n) is 5.22. The molecule has 0 fully saturated rings. The lowest BCUT2D eigenvalue weighted by Gasteiger charge is -2.12. The molecule has 18 heavy (non-hydrogen) atoms. The fraction of sp³-hybridized carbons (Fsp3) is 0.0769. The molecule has 2 aromatic carbocycles. The monoisotopic (exact) mass is 345 g/mol. The van der Waals surface area contributed by atoms with Crippen LogP contribution in [0.15, 0.2) is 40.9 Å². The zero-order chi connectivity index (χ0) is 13.1. The lowest BCUT2D eigenvalue weighted by molar-refractivity contribution is 0.476. The van der Waals surface area contributed by atoms with Gasteiger partial charge in [0.1, 0.15) is 11.5 Å². The van der Waals surface area contributed by atoms with Gasteiger partial charge in [-0.2, -0.15) is 0 Å². The van der Waals surface area contributed by atoms with Crippen molar-refractivity contribution in [3.05, 3.63) is 56.5 Å². The highest BCUT2D eigenvalue weighted by atomic mass is 79.9. The minimum atomic E-state index is 0.306. The number of rotatable bonds is 3. The van der Waals surface area contributed by atoms with Crippen LogP contribution in [0.2, 0.25) is 10.0 Å². The maximum Gasteiger partial charge on any atom is 0.147 e. The molecule has 0 amide bonds. The lowest BCUT2D eigenvalue weighted by atomic mass is 10.2. The van der Waals surface area contributed by atoms with Gasteiger partial charge in [0.25, 0.3) is 0 Å². The van der Waals surface area contributed by atoms with Crippen molar-refractivity contribution in [1.29, 1.82) is 0 Å². The number of halogens is 3. The van der Waals surface area contributed by atoms with Gasteiger partial charge in [-0.15, -0.1) is 0 Å². The van der Waals surface area contributed by atoms with E-state index in [9.17, 15) is 0 Å². The molecule has 2 nitrogen and oxygen atoms in total. The van der Waals surface area contributed by atoms with Crippen molar-refractivity contribution in [2.75, 3.05) is 0 Å². The molecule has 2 N–H and O–H groups in total. The Labute approximate surface area is 124 Å². The van der Waals surface area contributed by atoms with Gasteiger partial charge >= 0.3 is 0 Å². The maximum atomic E-state index is 6.07. The van der Waals surface area contributed by atoms with Gasteiger partial charge in [0.15, 0.2) is 0 Å². The lowest BCUT2D eigenvalue weighted by Crippen LogP contribution is -2.00. The highest BCUT2D eigenvalue weighted by Crippen LogP contribution is 2.35. The Morgan fingerprint density at radius 1 is 1.06 bits per heavy atom. The maximum absolute atomic E-state index is 6.07. The highest BCUT2D eigenvalue weighted by molar-refractivity contribution is 9.10. The van der Waals surface area contributed by atoms with Crippen LogP contribution in [0.1, 0.15) is 5.56 Å². The third-order valence-corrected chi connectivity index (χ3v) is 3.55. The van der Waals surface area contributed by atoms with E-state index < -0.39 is 0 Å². The molecule has 94 valence electrons. The van der Waals surface area contributed by atoms with Gasteiger partial charge in [-0.25, -0.2) is 0 Å². The van der Waals surface area contributed by atoms with E-state index in [2.05, 4.69) is 15.9 Å². The molecular weight excluding hydrogens is 337 g/mol. The highest BCUT2D eigenvalue weighted by Gasteiger charge is 2.10. The van der Waals surface area contributed by atoms with E-state index in [0.29, 0.717) is 28.1 Å². The standard InChI is InChI=1S/C13H10BrCl2NO/c14-8-4-5-11(16)13(6-8)18-12-3-1-2-10(15)9(12)7-17/h1-6H,7,17H2. The Hall–Kier alpha value is -0.740. The Bertz CT molecular complexity index is 575. The largest absolute Gasteiger partial charge is 0.455 e. The van der Waals surface area contributed by atoms with Crippen LogP contribution in [0, 0.1) is 0 Å². The summed E-state index contributed by atoms with van der Waals surface area (Å²) in [6.45, 7) is 0.306. The van der Waals surface area contributed by atoms with Gasteiger partial charge < -0.3 is 10.5 Å². The minimum absolute atomic E-state index is 0.306. The predicted octanol–water partition coefficient (Wildman–Crippen LogP) is 5.01. The second kappa shape index (κ2) is 5.93. The summed E-state index contributed by atoms with van der Waals surface area (Å²) in [6, 6.07) is 10.8. The van der Waals surface area contributed by atoms with Gasteiger partial charge in [0.05, 0.1) is 5.02 Å². The van der Waals surface area contributed by atoms with E-state index in [1.54, 1.807) is 18.2 Å². The molecule has 0 heterocycles. The molecule has 0 bridgehead atoms. The number of hydrogen-bond acceptors (Lipinski definition) is 2. The third-order valence-electron chi connectivity index (χ3n) is 2.39. The number of benzene rings is 2. The van der Waals surface area contributed by atoms with E-state index in [-0.39, 0.29) is 0 Å². The van der Waals surface area contributed by atoms with Crippen molar-refractivity contribution >= 4 is 39.1 Å². The molecule has 0 aliphatic carbocycles.